The van der Waals surface area contributed by atoms with E-state index in [1.165, 1.54) is 21.7 Å². The average Bonchev–Trinajstić information content (AvgIpc) is 2.69. The SMILES string of the molecule is Cc1sc(CO)cc1S(=O)(=O)N1CCS(=O)(=O)CC1C. The third-order valence-corrected chi connectivity index (χ3v) is 8.37. The lowest BCUT2D eigenvalue weighted by Crippen LogP contribution is -2.49. The summed E-state index contributed by atoms with van der Waals surface area (Å²) in [5.41, 5.74) is 0. The molecule has 0 aliphatic carbocycles. The van der Waals surface area contributed by atoms with Gasteiger partial charge >= 0.3 is 0 Å². The number of hydrogen-bond donors (Lipinski definition) is 1. The van der Waals surface area contributed by atoms with Gasteiger partial charge < -0.3 is 5.11 Å². The van der Waals surface area contributed by atoms with Gasteiger partial charge in [0.1, 0.15) is 0 Å². The Bertz CT molecular complexity index is 704. The fourth-order valence-corrected chi connectivity index (χ4v) is 7.19. The second-order valence-corrected chi connectivity index (χ2v) is 10.3. The molecule has 0 radical (unpaired) electrons. The predicted molar refractivity (Wildman–Crippen MR) is 77.0 cm³/mol. The topological polar surface area (TPSA) is 91.8 Å². The highest BCUT2D eigenvalue weighted by Crippen LogP contribution is 2.30. The summed E-state index contributed by atoms with van der Waals surface area (Å²) in [5, 5.41) is 9.09. The number of aliphatic hydroxyl groups is 1. The Balaban J connectivity index is 2.38. The number of rotatable bonds is 3. The lowest BCUT2D eigenvalue weighted by Gasteiger charge is -2.32. The van der Waals surface area contributed by atoms with E-state index in [0.717, 1.165) is 0 Å². The number of aliphatic hydroxyl groups excluding tert-OH is 1. The van der Waals surface area contributed by atoms with Crippen molar-refractivity contribution in [2.45, 2.75) is 31.4 Å². The molecule has 0 aromatic carbocycles. The smallest absolute Gasteiger partial charge is 0.244 e. The van der Waals surface area contributed by atoms with Gasteiger partial charge in [0.15, 0.2) is 9.84 Å². The van der Waals surface area contributed by atoms with Crippen molar-refractivity contribution in [1.29, 1.82) is 0 Å². The van der Waals surface area contributed by atoms with Crippen molar-refractivity contribution in [3.63, 3.8) is 0 Å². The number of sulfone groups is 1. The van der Waals surface area contributed by atoms with Crippen LogP contribution < -0.4 is 0 Å². The van der Waals surface area contributed by atoms with E-state index >= 15 is 0 Å². The van der Waals surface area contributed by atoms with Gasteiger partial charge in [0.2, 0.25) is 10.0 Å². The van der Waals surface area contributed by atoms with Crippen LogP contribution in [-0.2, 0) is 26.5 Å². The molecule has 2 rings (SSSR count). The molecule has 0 saturated carbocycles. The van der Waals surface area contributed by atoms with Gasteiger partial charge in [-0.15, -0.1) is 11.3 Å². The standard InChI is InChI=1S/C11H17NO5S3/c1-8-7-19(14,15)4-3-12(8)20(16,17)11-5-10(6-13)18-9(11)2/h5,8,13H,3-4,6-7H2,1-2H3. The second kappa shape index (κ2) is 5.38. The average molecular weight is 339 g/mol. The van der Waals surface area contributed by atoms with Gasteiger partial charge in [0.05, 0.1) is 23.0 Å². The summed E-state index contributed by atoms with van der Waals surface area (Å²) in [6, 6.07) is 0.890. The molecule has 1 aromatic rings. The third-order valence-electron chi connectivity index (χ3n) is 3.28. The summed E-state index contributed by atoms with van der Waals surface area (Å²) in [6.07, 6.45) is 0. The normalized spacial score (nSPS) is 23.9. The summed E-state index contributed by atoms with van der Waals surface area (Å²) in [7, 11) is -6.87. The second-order valence-electron chi connectivity index (χ2n) is 4.87. The van der Waals surface area contributed by atoms with Crippen molar-refractivity contribution in [2.24, 2.45) is 0 Å². The molecule has 1 N–H and O–H groups in total. The lowest BCUT2D eigenvalue weighted by atomic mass is 10.4. The first-order chi connectivity index (χ1) is 9.17. The molecule has 9 heteroatoms. The van der Waals surface area contributed by atoms with Crippen LogP contribution in [-0.4, -0.2) is 50.3 Å². The van der Waals surface area contributed by atoms with Gasteiger partial charge in [0, 0.05) is 22.3 Å². The van der Waals surface area contributed by atoms with Gasteiger partial charge in [-0.2, -0.15) is 4.31 Å². The molecule has 114 valence electrons. The van der Waals surface area contributed by atoms with Crippen LogP contribution in [0.3, 0.4) is 0 Å². The maximum absolute atomic E-state index is 12.6. The first-order valence-corrected chi connectivity index (χ1v) is 10.2. The Morgan fingerprint density at radius 3 is 2.65 bits per heavy atom. The zero-order valence-electron chi connectivity index (χ0n) is 11.2. The van der Waals surface area contributed by atoms with Gasteiger partial charge in [-0.3, -0.25) is 0 Å². The van der Waals surface area contributed by atoms with Crippen molar-refractivity contribution in [2.75, 3.05) is 18.1 Å². The van der Waals surface area contributed by atoms with Crippen molar-refractivity contribution in [3.8, 4) is 0 Å². The Morgan fingerprint density at radius 2 is 2.15 bits per heavy atom. The Labute approximate surface area is 123 Å². The fourth-order valence-electron chi connectivity index (χ4n) is 2.33. The van der Waals surface area contributed by atoms with Crippen molar-refractivity contribution in [3.05, 3.63) is 15.8 Å². The lowest BCUT2D eigenvalue weighted by molar-refractivity contribution is 0.285. The minimum atomic E-state index is -3.71. The van der Waals surface area contributed by atoms with Crippen LogP contribution in [0.1, 0.15) is 16.7 Å². The molecule has 0 bridgehead atoms. The number of nitrogens with zero attached hydrogens (tertiary/aromatic N) is 1. The first kappa shape index (κ1) is 15.9. The number of sulfonamides is 1. The number of hydrogen-bond acceptors (Lipinski definition) is 6. The Morgan fingerprint density at radius 1 is 1.50 bits per heavy atom. The van der Waals surface area contributed by atoms with E-state index in [4.69, 9.17) is 5.11 Å². The fraction of sp³-hybridized carbons (Fsp3) is 0.636. The predicted octanol–water partition coefficient (Wildman–Crippen LogP) is 0.356. The molecule has 1 atom stereocenters. The molecular weight excluding hydrogens is 322 g/mol. The van der Waals surface area contributed by atoms with E-state index in [9.17, 15) is 16.8 Å². The van der Waals surface area contributed by atoms with Gasteiger partial charge in [-0.25, -0.2) is 16.8 Å². The monoisotopic (exact) mass is 339 g/mol. The van der Waals surface area contributed by atoms with Crippen LogP contribution in [0.2, 0.25) is 0 Å². The summed E-state index contributed by atoms with van der Waals surface area (Å²) >= 11 is 1.23. The number of thiophene rings is 1. The Kier molecular flexibility index (Phi) is 4.27. The minimum absolute atomic E-state index is 0.0183. The summed E-state index contributed by atoms with van der Waals surface area (Å²) in [4.78, 5) is 1.35. The molecule has 1 aromatic heterocycles. The zero-order chi connectivity index (χ0) is 15.1. The molecule has 1 fully saturated rings. The molecule has 1 aliphatic rings. The van der Waals surface area contributed by atoms with Gasteiger partial charge in [-0.05, 0) is 19.9 Å². The van der Waals surface area contributed by atoms with Crippen LogP contribution in [0.25, 0.3) is 0 Å². The van der Waals surface area contributed by atoms with Crippen LogP contribution in [0.5, 0.6) is 0 Å². The van der Waals surface area contributed by atoms with Crippen LogP contribution in [0.15, 0.2) is 11.0 Å². The molecule has 6 nitrogen and oxygen atoms in total. The van der Waals surface area contributed by atoms with Gasteiger partial charge in [-0.1, -0.05) is 0 Å². The van der Waals surface area contributed by atoms with E-state index in [1.807, 2.05) is 0 Å². The highest BCUT2D eigenvalue weighted by Gasteiger charge is 2.37. The van der Waals surface area contributed by atoms with E-state index in [2.05, 4.69) is 0 Å². The largest absolute Gasteiger partial charge is 0.391 e. The number of aryl methyl sites for hydroxylation is 1. The van der Waals surface area contributed by atoms with E-state index in [-0.39, 0.29) is 29.6 Å². The van der Waals surface area contributed by atoms with Gasteiger partial charge in [0.25, 0.3) is 0 Å². The van der Waals surface area contributed by atoms with E-state index < -0.39 is 25.9 Å². The maximum Gasteiger partial charge on any atom is 0.244 e. The Hall–Kier alpha value is -0.480. The maximum atomic E-state index is 12.6. The molecule has 0 amide bonds. The first-order valence-electron chi connectivity index (χ1n) is 6.10. The summed E-state index contributed by atoms with van der Waals surface area (Å²) < 4.78 is 49.5. The summed E-state index contributed by atoms with van der Waals surface area (Å²) in [6.45, 7) is 3.06. The van der Waals surface area contributed by atoms with E-state index in [0.29, 0.717) is 9.75 Å². The van der Waals surface area contributed by atoms with Crippen molar-refractivity contribution >= 4 is 31.2 Å². The third kappa shape index (κ3) is 2.91. The molecule has 20 heavy (non-hydrogen) atoms. The van der Waals surface area contributed by atoms with Crippen LogP contribution in [0.4, 0.5) is 0 Å². The minimum Gasteiger partial charge on any atom is -0.391 e. The van der Waals surface area contributed by atoms with Crippen LogP contribution >= 0.6 is 11.3 Å². The van der Waals surface area contributed by atoms with E-state index in [1.54, 1.807) is 13.8 Å². The molecule has 1 saturated heterocycles. The molecule has 1 aliphatic heterocycles. The van der Waals surface area contributed by atoms with Crippen molar-refractivity contribution < 1.29 is 21.9 Å². The molecule has 1 unspecified atom stereocenters. The quantitative estimate of drug-likeness (QED) is 0.858. The molecular formula is C11H17NO5S3. The summed E-state index contributed by atoms with van der Waals surface area (Å²) in [5.74, 6) is -0.297. The highest BCUT2D eigenvalue weighted by atomic mass is 32.2. The van der Waals surface area contributed by atoms with Crippen LogP contribution in [0, 0.1) is 6.92 Å². The molecule has 2 heterocycles. The highest BCUT2D eigenvalue weighted by molar-refractivity contribution is 7.92. The zero-order valence-corrected chi connectivity index (χ0v) is 13.7. The molecule has 0 spiro atoms. The van der Waals surface area contributed by atoms with Crippen molar-refractivity contribution in [1.82, 2.24) is 4.31 Å².